The molecular formula is C15H26N2O2S. The zero-order chi connectivity index (χ0) is 15.1. The molecule has 4 nitrogen and oxygen atoms in total. The van der Waals surface area contributed by atoms with Crippen molar-refractivity contribution < 1.29 is 9.53 Å². The molecule has 0 saturated heterocycles. The van der Waals surface area contributed by atoms with Crippen molar-refractivity contribution in [3.8, 4) is 0 Å². The Balaban J connectivity index is 3.09. The van der Waals surface area contributed by atoms with Crippen molar-refractivity contribution in [2.45, 2.75) is 53.2 Å². The van der Waals surface area contributed by atoms with E-state index in [1.54, 1.807) is 7.11 Å². The van der Waals surface area contributed by atoms with Crippen molar-refractivity contribution >= 4 is 22.8 Å². The Labute approximate surface area is 126 Å². The highest BCUT2D eigenvalue weighted by Crippen LogP contribution is 2.29. The molecule has 1 aromatic heterocycles. The number of hydrogen-bond acceptors (Lipinski definition) is 5. The Morgan fingerprint density at radius 2 is 2.00 bits per heavy atom. The fraction of sp³-hybridized carbons (Fsp3) is 0.733. The van der Waals surface area contributed by atoms with Gasteiger partial charge in [-0.05, 0) is 18.8 Å². The van der Waals surface area contributed by atoms with E-state index in [1.165, 1.54) is 11.3 Å². The zero-order valence-corrected chi connectivity index (χ0v) is 14.0. The Hall–Kier alpha value is -0.940. The van der Waals surface area contributed by atoms with Gasteiger partial charge in [0, 0.05) is 19.7 Å². The van der Waals surface area contributed by atoms with Crippen LogP contribution in [-0.4, -0.2) is 31.0 Å². The van der Waals surface area contributed by atoms with Crippen LogP contribution in [0.5, 0.6) is 0 Å². The standard InChI is InChI=1S/C15H26N2O2S/c1-6-12(7-2)17(8-11(3)4)15-16-13(10-19-5)14(9-18)20-15/h9,11-12H,6-8,10H2,1-5H3. The van der Waals surface area contributed by atoms with Crippen LogP contribution in [0.25, 0.3) is 0 Å². The third-order valence-electron chi connectivity index (χ3n) is 3.30. The summed E-state index contributed by atoms with van der Waals surface area (Å²) in [5.74, 6) is 0.560. The SMILES string of the molecule is CCC(CC)N(CC(C)C)c1nc(COC)c(C=O)s1. The number of aldehydes is 1. The van der Waals surface area contributed by atoms with E-state index in [0.29, 0.717) is 23.4 Å². The summed E-state index contributed by atoms with van der Waals surface area (Å²) >= 11 is 1.48. The van der Waals surface area contributed by atoms with Gasteiger partial charge in [-0.2, -0.15) is 0 Å². The summed E-state index contributed by atoms with van der Waals surface area (Å²) in [7, 11) is 1.63. The van der Waals surface area contributed by atoms with Crippen LogP contribution < -0.4 is 4.90 Å². The zero-order valence-electron chi connectivity index (χ0n) is 13.2. The molecule has 0 aromatic carbocycles. The summed E-state index contributed by atoms with van der Waals surface area (Å²) in [5, 5.41) is 0.946. The number of rotatable bonds is 9. The lowest BCUT2D eigenvalue weighted by atomic mass is 10.1. The van der Waals surface area contributed by atoms with Gasteiger partial charge in [0.1, 0.15) is 0 Å². The van der Waals surface area contributed by atoms with Crippen molar-refractivity contribution in [2.75, 3.05) is 18.6 Å². The first kappa shape index (κ1) is 17.1. The van der Waals surface area contributed by atoms with Crippen LogP contribution in [0.1, 0.15) is 55.9 Å². The fourth-order valence-corrected chi connectivity index (χ4v) is 3.28. The van der Waals surface area contributed by atoms with Crippen molar-refractivity contribution in [1.29, 1.82) is 0 Å². The van der Waals surface area contributed by atoms with Gasteiger partial charge in [0.15, 0.2) is 11.4 Å². The molecule has 5 heteroatoms. The quantitative estimate of drug-likeness (QED) is 0.651. The van der Waals surface area contributed by atoms with E-state index < -0.39 is 0 Å². The normalized spacial score (nSPS) is 11.3. The van der Waals surface area contributed by atoms with E-state index in [0.717, 1.165) is 36.5 Å². The van der Waals surface area contributed by atoms with Crippen LogP contribution >= 0.6 is 11.3 Å². The molecule has 0 N–H and O–H groups in total. The highest BCUT2D eigenvalue weighted by molar-refractivity contribution is 7.17. The predicted molar refractivity (Wildman–Crippen MR) is 84.8 cm³/mol. The molecule has 0 spiro atoms. The predicted octanol–water partition coefficient (Wildman–Crippen LogP) is 3.75. The molecule has 114 valence electrons. The summed E-state index contributed by atoms with van der Waals surface area (Å²) in [6, 6.07) is 0.471. The van der Waals surface area contributed by atoms with Crippen LogP contribution in [0.2, 0.25) is 0 Å². The molecule has 0 unspecified atom stereocenters. The molecule has 1 heterocycles. The summed E-state index contributed by atoms with van der Waals surface area (Å²) in [6.07, 6.45) is 3.05. The number of methoxy groups -OCH3 is 1. The van der Waals surface area contributed by atoms with E-state index in [9.17, 15) is 4.79 Å². The van der Waals surface area contributed by atoms with Gasteiger partial charge >= 0.3 is 0 Å². The molecule has 20 heavy (non-hydrogen) atoms. The van der Waals surface area contributed by atoms with E-state index >= 15 is 0 Å². The van der Waals surface area contributed by atoms with E-state index in [1.807, 2.05) is 0 Å². The smallest absolute Gasteiger partial charge is 0.186 e. The van der Waals surface area contributed by atoms with Gasteiger partial charge in [-0.25, -0.2) is 4.98 Å². The average Bonchev–Trinajstić information content (AvgIpc) is 2.82. The monoisotopic (exact) mass is 298 g/mol. The van der Waals surface area contributed by atoms with Crippen LogP contribution in [0.15, 0.2) is 0 Å². The van der Waals surface area contributed by atoms with E-state index in [4.69, 9.17) is 4.74 Å². The molecule has 0 atom stereocenters. The third-order valence-corrected chi connectivity index (χ3v) is 4.36. The van der Waals surface area contributed by atoms with Gasteiger partial charge in [0.25, 0.3) is 0 Å². The summed E-state index contributed by atoms with van der Waals surface area (Å²) in [4.78, 5) is 18.8. The van der Waals surface area contributed by atoms with Gasteiger partial charge in [-0.3, -0.25) is 4.79 Å². The number of nitrogens with zero attached hydrogens (tertiary/aromatic N) is 2. The summed E-state index contributed by atoms with van der Waals surface area (Å²) < 4.78 is 5.12. The van der Waals surface area contributed by atoms with Crippen molar-refractivity contribution in [2.24, 2.45) is 5.92 Å². The van der Waals surface area contributed by atoms with Crippen LogP contribution in [0, 0.1) is 5.92 Å². The molecule has 0 saturated carbocycles. The number of anilines is 1. The summed E-state index contributed by atoms with van der Waals surface area (Å²) in [5.41, 5.74) is 0.752. The molecule has 0 fully saturated rings. The molecule has 0 amide bonds. The second-order valence-corrected chi connectivity index (χ2v) is 6.38. The fourth-order valence-electron chi connectivity index (χ4n) is 2.31. The Morgan fingerprint density at radius 3 is 2.45 bits per heavy atom. The minimum absolute atomic E-state index is 0.392. The number of carbonyl (C=O) groups excluding carboxylic acids is 1. The van der Waals surface area contributed by atoms with E-state index in [-0.39, 0.29) is 0 Å². The highest BCUT2D eigenvalue weighted by Gasteiger charge is 2.22. The molecule has 1 rings (SSSR count). The van der Waals surface area contributed by atoms with Gasteiger partial charge < -0.3 is 9.64 Å². The third kappa shape index (κ3) is 4.28. The van der Waals surface area contributed by atoms with Gasteiger partial charge in [0.2, 0.25) is 0 Å². The van der Waals surface area contributed by atoms with Crippen LogP contribution in [0.4, 0.5) is 5.13 Å². The molecule has 1 aromatic rings. The topological polar surface area (TPSA) is 42.4 Å². The lowest BCUT2D eigenvalue weighted by molar-refractivity contribution is 0.112. The summed E-state index contributed by atoms with van der Waals surface area (Å²) in [6.45, 7) is 10.2. The Kier molecular flexibility index (Phi) is 7.16. The lowest BCUT2D eigenvalue weighted by Crippen LogP contribution is -2.37. The molecule has 0 aliphatic carbocycles. The molecule has 0 aliphatic heterocycles. The molecule has 0 bridgehead atoms. The first-order chi connectivity index (χ1) is 9.57. The maximum absolute atomic E-state index is 11.2. The number of ether oxygens (including phenoxy) is 1. The number of aromatic nitrogens is 1. The van der Waals surface area contributed by atoms with Gasteiger partial charge in [-0.15, -0.1) is 0 Å². The maximum atomic E-state index is 11.2. The number of carbonyl (C=O) groups is 1. The second kappa shape index (κ2) is 8.37. The van der Waals surface area contributed by atoms with Crippen LogP contribution in [-0.2, 0) is 11.3 Å². The Morgan fingerprint density at radius 1 is 1.35 bits per heavy atom. The minimum atomic E-state index is 0.392. The first-order valence-corrected chi connectivity index (χ1v) is 8.09. The number of hydrogen-bond donors (Lipinski definition) is 0. The van der Waals surface area contributed by atoms with E-state index in [2.05, 4.69) is 37.6 Å². The second-order valence-electron chi connectivity index (χ2n) is 5.37. The van der Waals surface area contributed by atoms with Crippen molar-refractivity contribution in [3.05, 3.63) is 10.6 Å². The lowest BCUT2D eigenvalue weighted by Gasteiger charge is -2.31. The maximum Gasteiger partial charge on any atom is 0.186 e. The van der Waals surface area contributed by atoms with Gasteiger partial charge in [-0.1, -0.05) is 39.0 Å². The molecule has 0 radical (unpaired) electrons. The average molecular weight is 298 g/mol. The largest absolute Gasteiger partial charge is 0.378 e. The number of thiazole rings is 1. The van der Waals surface area contributed by atoms with Crippen molar-refractivity contribution in [3.63, 3.8) is 0 Å². The highest BCUT2D eigenvalue weighted by atomic mass is 32.1. The van der Waals surface area contributed by atoms with Gasteiger partial charge in [0.05, 0.1) is 17.2 Å². The minimum Gasteiger partial charge on any atom is -0.378 e. The molecule has 0 aliphatic rings. The Bertz CT molecular complexity index is 414. The first-order valence-electron chi connectivity index (χ1n) is 7.27. The van der Waals surface area contributed by atoms with Crippen LogP contribution in [0.3, 0.4) is 0 Å². The van der Waals surface area contributed by atoms with Crippen molar-refractivity contribution in [1.82, 2.24) is 4.98 Å². The molecular weight excluding hydrogens is 272 g/mol.